The van der Waals surface area contributed by atoms with Gasteiger partial charge in [-0.25, -0.2) is 5.43 Å². The summed E-state index contributed by atoms with van der Waals surface area (Å²) < 4.78 is 0. The maximum Gasteiger partial charge on any atom is 0.101 e. The molecule has 3 aliphatic rings. The molecule has 0 unspecified atom stereocenters. The maximum atomic E-state index is 4.83. The molecule has 0 atom stereocenters. The molecule has 2 N–H and O–H groups in total. The van der Waals surface area contributed by atoms with E-state index >= 15 is 0 Å². The average Bonchev–Trinajstić information content (AvgIpc) is 2.69. The van der Waals surface area contributed by atoms with Crippen molar-refractivity contribution in [1.82, 2.24) is 10.9 Å². The molecule has 2 fully saturated rings. The standard InChI is InChI=1S/C14H26N4/c1-15-16-12-13(8-4-2-5-9-13)17-18-14(12)10-6-3-7-11-14/h12,15-16H,2-11H2,1H3. The Morgan fingerprint density at radius 3 is 1.61 bits per heavy atom. The number of hydrogen-bond acceptors (Lipinski definition) is 4. The lowest BCUT2D eigenvalue weighted by Gasteiger charge is -2.43. The molecule has 2 aliphatic carbocycles. The molecule has 1 heterocycles. The average molecular weight is 250 g/mol. The minimum Gasteiger partial charge on any atom is -0.261 e. The molecule has 2 saturated carbocycles. The summed E-state index contributed by atoms with van der Waals surface area (Å²) in [6, 6.07) is 0.413. The first-order valence-corrected chi connectivity index (χ1v) is 7.68. The Labute approximate surface area is 110 Å². The summed E-state index contributed by atoms with van der Waals surface area (Å²) >= 11 is 0. The van der Waals surface area contributed by atoms with E-state index in [9.17, 15) is 0 Å². The highest BCUT2D eigenvalue weighted by Crippen LogP contribution is 2.49. The van der Waals surface area contributed by atoms with Crippen LogP contribution in [0.3, 0.4) is 0 Å². The fourth-order valence-electron chi connectivity index (χ4n) is 4.33. The van der Waals surface area contributed by atoms with Gasteiger partial charge in [-0.15, -0.1) is 0 Å². The van der Waals surface area contributed by atoms with Crippen LogP contribution in [0.1, 0.15) is 64.2 Å². The van der Waals surface area contributed by atoms with Crippen molar-refractivity contribution in [2.75, 3.05) is 7.05 Å². The molecule has 0 aromatic carbocycles. The predicted octanol–water partition coefficient (Wildman–Crippen LogP) is 2.95. The summed E-state index contributed by atoms with van der Waals surface area (Å²) in [6.45, 7) is 0. The minimum atomic E-state index is 0.0958. The van der Waals surface area contributed by atoms with Gasteiger partial charge >= 0.3 is 0 Å². The largest absolute Gasteiger partial charge is 0.261 e. The van der Waals surface area contributed by atoms with Gasteiger partial charge < -0.3 is 0 Å². The van der Waals surface area contributed by atoms with Crippen molar-refractivity contribution in [3.8, 4) is 0 Å². The molecular weight excluding hydrogens is 224 g/mol. The molecule has 102 valence electrons. The molecule has 0 radical (unpaired) electrons. The summed E-state index contributed by atoms with van der Waals surface area (Å²) in [7, 11) is 1.98. The molecular formula is C14H26N4. The molecule has 0 amide bonds. The topological polar surface area (TPSA) is 48.8 Å². The number of rotatable bonds is 2. The minimum absolute atomic E-state index is 0.0958. The zero-order valence-corrected chi connectivity index (χ0v) is 11.5. The first kappa shape index (κ1) is 12.5. The lowest BCUT2D eigenvalue weighted by molar-refractivity contribution is 0.149. The molecule has 2 spiro atoms. The molecule has 4 nitrogen and oxygen atoms in total. The second-order valence-corrected chi connectivity index (χ2v) is 6.36. The Morgan fingerprint density at radius 2 is 1.22 bits per heavy atom. The van der Waals surface area contributed by atoms with Gasteiger partial charge in [-0.3, -0.25) is 5.43 Å². The van der Waals surface area contributed by atoms with Crippen molar-refractivity contribution in [1.29, 1.82) is 0 Å². The van der Waals surface area contributed by atoms with Gasteiger partial charge in [-0.2, -0.15) is 10.2 Å². The van der Waals surface area contributed by atoms with E-state index in [-0.39, 0.29) is 11.1 Å². The molecule has 0 aromatic rings. The van der Waals surface area contributed by atoms with Gasteiger partial charge in [0.15, 0.2) is 0 Å². The first-order chi connectivity index (χ1) is 8.81. The van der Waals surface area contributed by atoms with Gasteiger partial charge in [0, 0.05) is 0 Å². The van der Waals surface area contributed by atoms with Crippen molar-refractivity contribution < 1.29 is 0 Å². The van der Waals surface area contributed by atoms with E-state index in [0.29, 0.717) is 6.04 Å². The molecule has 1 aliphatic heterocycles. The van der Waals surface area contributed by atoms with Crippen molar-refractivity contribution >= 4 is 0 Å². The third-order valence-electron chi connectivity index (χ3n) is 5.25. The van der Waals surface area contributed by atoms with Crippen LogP contribution in [-0.2, 0) is 0 Å². The van der Waals surface area contributed by atoms with Gasteiger partial charge in [-0.1, -0.05) is 38.5 Å². The van der Waals surface area contributed by atoms with E-state index in [1.54, 1.807) is 0 Å². The van der Waals surface area contributed by atoms with Crippen molar-refractivity contribution in [2.45, 2.75) is 81.3 Å². The number of azo groups is 1. The molecule has 0 bridgehead atoms. The lowest BCUT2D eigenvalue weighted by atomic mass is 9.67. The van der Waals surface area contributed by atoms with Crippen molar-refractivity contribution in [2.24, 2.45) is 10.2 Å². The third kappa shape index (κ3) is 1.90. The van der Waals surface area contributed by atoms with E-state index < -0.39 is 0 Å². The summed E-state index contributed by atoms with van der Waals surface area (Å²) in [6.07, 6.45) is 12.9. The lowest BCUT2D eigenvalue weighted by Crippen LogP contribution is -2.62. The predicted molar refractivity (Wildman–Crippen MR) is 72.5 cm³/mol. The van der Waals surface area contributed by atoms with Gasteiger partial charge in [0.25, 0.3) is 0 Å². The van der Waals surface area contributed by atoms with Crippen LogP contribution in [0, 0.1) is 0 Å². The van der Waals surface area contributed by atoms with Crippen LogP contribution in [0.5, 0.6) is 0 Å². The van der Waals surface area contributed by atoms with Crippen molar-refractivity contribution in [3.05, 3.63) is 0 Å². The molecule has 0 saturated heterocycles. The zero-order chi connectivity index (χ0) is 12.5. The Morgan fingerprint density at radius 1 is 0.778 bits per heavy atom. The van der Waals surface area contributed by atoms with Crippen LogP contribution in [0.25, 0.3) is 0 Å². The Bertz CT molecular complexity index is 286. The number of hydrazine groups is 1. The Hall–Kier alpha value is -0.480. The van der Waals surface area contributed by atoms with Crippen LogP contribution in [0.2, 0.25) is 0 Å². The Kier molecular flexibility index (Phi) is 3.41. The van der Waals surface area contributed by atoms with E-state index in [4.69, 9.17) is 10.2 Å². The Balaban J connectivity index is 1.86. The molecule has 3 rings (SSSR count). The molecule has 0 aromatic heterocycles. The second-order valence-electron chi connectivity index (χ2n) is 6.36. The number of nitrogens with one attached hydrogen (secondary N) is 2. The highest BCUT2D eigenvalue weighted by Gasteiger charge is 2.56. The van der Waals surface area contributed by atoms with Crippen LogP contribution >= 0.6 is 0 Å². The van der Waals surface area contributed by atoms with Gasteiger partial charge in [0.05, 0.1) is 6.04 Å². The second kappa shape index (κ2) is 4.89. The summed E-state index contributed by atoms with van der Waals surface area (Å²) in [5, 5.41) is 9.65. The first-order valence-electron chi connectivity index (χ1n) is 7.68. The molecule has 18 heavy (non-hydrogen) atoms. The third-order valence-corrected chi connectivity index (χ3v) is 5.25. The highest BCUT2D eigenvalue weighted by molar-refractivity contribution is 5.16. The van der Waals surface area contributed by atoms with Crippen LogP contribution < -0.4 is 10.9 Å². The highest BCUT2D eigenvalue weighted by atomic mass is 15.4. The maximum absolute atomic E-state index is 4.83. The van der Waals surface area contributed by atoms with E-state index in [0.717, 1.165) is 0 Å². The normalized spacial score (nSPS) is 30.3. The quantitative estimate of drug-likeness (QED) is 0.740. The SMILES string of the molecule is CNNC1C2(CCCCC2)N=NC12CCCCC2. The van der Waals surface area contributed by atoms with Gasteiger partial charge in [0.1, 0.15) is 11.1 Å². The zero-order valence-electron chi connectivity index (χ0n) is 11.5. The fraction of sp³-hybridized carbons (Fsp3) is 1.00. The summed E-state index contributed by atoms with van der Waals surface area (Å²) in [4.78, 5) is 0. The summed E-state index contributed by atoms with van der Waals surface area (Å²) in [5.74, 6) is 0. The van der Waals surface area contributed by atoms with Crippen LogP contribution in [0.15, 0.2) is 10.2 Å². The van der Waals surface area contributed by atoms with Gasteiger partial charge in [0.2, 0.25) is 0 Å². The number of hydrogen-bond donors (Lipinski definition) is 2. The molecule has 4 heteroatoms. The fourth-order valence-corrected chi connectivity index (χ4v) is 4.33. The van der Waals surface area contributed by atoms with Crippen molar-refractivity contribution in [3.63, 3.8) is 0 Å². The van der Waals surface area contributed by atoms with E-state index in [2.05, 4.69) is 10.9 Å². The smallest absolute Gasteiger partial charge is 0.101 e. The van der Waals surface area contributed by atoms with Gasteiger partial charge in [-0.05, 0) is 32.7 Å². The van der Waals surface area contributed by atoms with Crippen LogP contribution in [-0.4, -0.2) is 24.2 Å². The summed E-state index contributed by atoms with van der Waals surface area (Å²) in [5.41, 5.74) is 6.90. The number of nitrogens with zero attached hydrogens (tertiary/aromatic N) is 2. The monoisotopic (exact) mass is 250 g/mol. The van der Waals surface area contributed by atoms with E-state index in [1.807, 2.05) is 7.05 Å². The van der Waals surface area contributed by atoms with E-state index in [1.165, 1.54) is 64.2 Å². The van der Waals surface area contributed by atoms with Crippen LogP contribution in [0.4, 0.5) is 0 Å².